The average Bonchev–Trinajstić information content (AvgIpc) is 2.99. The second-order valence-electron chi connectivity index (χ2n) is 10.7. The predicted octanol–water partition coefficient (Wildman–Crippen LogP) is 4.17. The Labute approximate surface area is 240 Å². The van der Waals surface area contributed by atoms with Gasteiger partial charge in [-0.3, -0.25) is 9.69 Å². The number of para-hydroxylation sites is 1. The van der Waals surface area contributed by atoms with E-state index in [1.165, 1.54) is 0 Å². The fourth-order valence-electron chi connectivity index (χ4n) is 5.19. The maximum absolute atomic E-state index is 13.3. The molecule has 1 aromatic heterocycles. The van der Waals surface area contributed by atoms with Gasteiger partial charge < -0.3 is 21.3 Å². The summed E-state index contributed by atoms with van der Waals surface area (Å²) in [6.07, 6.45) is 0. The van der Waals surface area contributed by atoms with Gasteiger partial charge >= 0.3 is 6.03 Å². The topological polar surface area (TPSA) is 116 Å². The third-order valence-electron chi connectivity index (χ3n) is 7.47. The van der Waals surface area contributed by atoms with Gasteiger partial charge in [0.15, 0.2) is 0 Å². The van der Waals surface area contributed by atoms with Crippen LogP contribution in [0.15, 0.2) is 84.9 Å². The number of nitrogens with zero attached hydrogens (tertiary/aromatic N) is 4. The number of carbonyl (C=O) groups excluding carboxylic acids is 2. The summed E-state index contributed by atoms with van der Waals surface area (Å²) < 4.78 is 0. The Kier molecular flexibility index (Phi) is 8.74. The molecule has 0 bridgehead atoms. The molecule has 1 fully saturated rings. The van der Waals surface area contributed by atoms with Gasteiger partial charge in [-0.15, -0.1) is 0 Å². The van der Waals surface area contributed by atoms with Crippen molar-refractivity contribution in [2.75, 3.05) is 31.5 Å². The summed E-state index contributed by atoms with van der Waals surface area (Å²) in [5, 5.41) is 7.35. The van der Waals surface area contributed by atoms with Crippen LogP contribution >= 0.6 is 0 Å². The highest BCUT2D eigenvalue weighted by molar-refractivity contribution is 5.92. The lowest BCUT2D eigenvalue weighted by Crippen LogP contribution is -2.52. The maximum Gasteiger partial charge on any atom is 0.318 e. The standard InChI is InChI=1S/C32H37N7O2/c1-22(2)28(30(33)40)36-31-25-15-9-10-16-26(25)34-27(35-31)21-38-17-19-39(20-18-38)32(41)37-29(23-11-5-3-6-12-23)24-13-7-4-8-14-24/h3-16,22,28-29H,17-21H2,1-2H3,(H2,33,40)(H,37,41)(H,34,35,36)/t28-/m0/s1. The van der Waals surface area contributed by atoms with E-state index in [0.717, 1.165) is 22.0 Å². The number of carbonyl (C=O) groups is 2. The van der Waals surface area contributed by atoms with Crippen LogP contribution in [0.4, 0.5) is 10.6 Å². The lowest BCUT2D eigenvalue weighted by atomic mass is 9.99. The van der Waals surface area contributed by atoms with Gasteiger partial charge in [-0.25, -0.2) is 14.8 Å². The van der Waals surface area contributed by atoms with Gasteiger partial charge in [-0.2, -0.15) is 0 Å². The van der Waals surface area contributed by atoms with Gasteiger partial charge in [-0.1, -0.05) is 86.6 Å². The molecule has 0 aliphatic carbocycles. The molecule has 0 unspecified atom stereocenters. The van der Waals surface area contributed by atoms with Crippen molar-refractivity contribution in [3.8, 4) is 0 Å². The van der Waals surface area contributed by atoms with Gasteiger partial charge in [0.05, 0.1) is 18.1 Å². The average molecular weight is 552 g/mol. The molecule has 1 saturated heterocycles. The molecule has 1 aliphatic heterocycles. The number of aromatic nitrogens is 2. The summed E-state index contributed by atoms with van der Waals surface area (Å²) >= 11 is 0. The lowest BCUT2D eigenvalue weighted by Gasteiger charge is -2.35. The van der Waals surface area contributed by atoms with Crippen molar-refractivity contribution < 1.29 is 9.59 Å². The number of hydrogen-bond acceptors (Lipinski definition) is 6. The van der Waals surface area contributed by atoms with Crippen LogP contribution in [0.1, 0.15) is 36.8 Å². The highest BCUT2D eigenvalue weighted by atomic mass is 16.2. The zero-order chi connectivity index (χ0) is 28.8. The highest BCUT2D eigenvalue weighted by Crippen LogP contribution is 2.24. The van der Waals surface area contributed by atoms with Crippen LogP contribution in [0.25, 0.3) is 10.9 Å². The molecule has 3 aromatic carbocycles. The summed E-state index contributed by atoms with van der Waals surface area (Å²) in [6.45, 7) is 7.02. The van der Waals surface area contributed by atoms with Gasteiger partial charge in [0.2, 0.25) is 5.91 Å². The van der Waals surface area contributed by atoms with Crippen molar-refractivity contribution in [3.63, 3.8) is 0 Å². The fourth-order valence-corrected chi connectivity index (χ4v) is 5.19. The molecule has 41 heavy (non-hydrogen) atoms. The monoisotopic (exact) mass is 551 g/mol. The molecule has 0 radical (unpaired) electrons. The van der Waals surface area contributed by atoms with Crippen molar-refractivity contribution in [1.82, 2.24) is 25.1 Å². The minimum absolute atomic E-state index is 0.00674. The van der Waals surface area contributed by atoms with Crippen LogP contribution in [0.3, 0.4) is 0 Å². The van der Waals surface area contributed by atoms with Crippen LogP contribution < -0.4 is 16.4 Å². The predicted molar refractivity (Wildman–Crippen MR) is 161 cm³/mol. The first-order valence-corrected chi connectivity index (χ1v) is 14.1. The van der Waals surface area contributed by atoms with Crippen LogP contribution in [-0.4, -0.2) is 63.9 Å². The number of rotatable bonds is 9. The number of nitrogens with two attached hydrogens (primary N) is 1. The summed E-state index contributed by atoms with van der Waals surface area (Å²) in [7, 11) is 0. The Hall–Kier alpha value is -4.50. The second kappa shape index (κ2) is 12.8. The quantitative estimate of drug-likeness (QED) is 0.288. The number of nitrogens with one attached hydrogen (secondary N) is 2. The van der Waals surface area contributed by atoms with E-state index in [1.807, 2.05) is 104 Å². The molecule has 0 saturated carbocycles. The smallest absolute Gasteiger partial charge is 0.318 e. The molecular formula is C32H37N7O2. The Balaban J connectivity index is 1.25. The first-order chi connectivity index (χ1) is 19.9. The van der Waals surface area contributed by atoms with E-state index in [9.17, 15) is 9.59 Å². The number of fused-ring (bicyclic) bond motifs is 1. The number of hydrogen-bond donors (Lipinski definition) is 3. The molecule has 4 aromatic rings. The first-order valence-electron chi connectivity index (χ1n) is 14.1. The number of amides is 3. The zero-order valence-electron chi connectivity index (χ0n) is 23.5. The van der Waals surface area contributed by atoms with E-state index >= 15 is 0 Å². The van der Waals surface area contributed by atoms with Gasteiger partial charge in [-0.05, 0) is 29.2 Å². The van der Waals surface area contributed by atoms with Crippen molar-refractivity contribution in [2.45, 2.75) is 32.5 Å². The molecule has 9 nitrogen and oxygen atoms in total. The third kappa shape index (κ3) is 6.81. The van der Waals surface area contributed by atoms with Crippen molar-refractivity contribution in [2.24, 2.45) is 11.7 Å². The molecule has 1 atom stereocenters. The van der Waals surface area contributed by atoms with Gasteiger partial charge in [0.1, 0.15) is 17.7 Å². The van der Waals surface area contributed by atoms with E-state index < -0.39 is 11.9 Å². The van der Waals surface area contributed by atoms with Crippen molar-refractivity contribution >= 4 is 28.7 Å². The zero-order valence-corrected chi connectivity index (χ0v) is 23.5. The van der Waals surface area contributed by atoms with Crippen molar-refractivity contribution in [3.05, 3.63) is 102 Å². The maximum atomic E-state index is 13.3. The van der Waals surface area contributed by atoms with Crippen LogP contribution in [0.5, 0.6) is 0 Å². The molecule has 3 amide bonds. The number of benzene rings is 3. The van der Waals surface area contributed by atoms with E-state index in [1.54, 1.807) is 0 Å². The molecule has 5 rings (SSSR count). The van der Waals surface area contributed by atoms with E-state index in [2.05, 4.69) is 15.5 Å². The van der Waals surface area contributed by atoms with Gasteiger partial charge in [0.25, 0.3) is 0 Å². The van der Waals surface area contributed by atoms with E-state index in [-0.39, 0.29) is 18.0 Å². The largest absolute Gasteiger partial charge is 0.368 e. The third-order valence-corrected chi connectivity index (χ3v) is 7.47. The fraction of sp³-hybridized carbons (Fsp3) is 0.312. The molecule has 212 valence electrons. The number of piperazine rings is 1. The highest BCUT2D eigenvalue weighted by Gasteiger charge is 2.26. The molecular weight excluding hydrogens is 514 g/mol. The summed E-state index contributed by atoms with van der Waals surface area (Å²) in [6, 6.07) is 27.0. The Morgan fingerprint density at radius 1 is 0.829 bits per heavy atom. The molecule has 1 aliphatic rings. The number of anilines is 1. The summed E-state index contributed by atoms with van der Waals surface area (Å²) in [4.78, 5) is 39.1. The molecule has 2 heterocycles. The second-order valence-corrected chi connectivity index (χ2v) is 10.7. The summed E-state index contributed by atoms with van der Waals surface area (Å²) in [5.41, 5.74) is 8.55. The van der Waals surface area contributed by atoms with Crippen LogP contribution in [0.2, 0.25) is 0 Å². The first kappa shape index (κ1) is 28.0. The minimum atomic E-state index is -0.543. The van der Waals surface area contributed by atoms with Gasteiger partial charge in [0, 0.05) is 31.6 Å². The molecule has 4 N–H and O–H groups in total. The van der Waals surface area contributed by atoms with Crippen molar-refractivity contribution in [1.29, 1.82) is 0 Å². The number of urea groups is 1. The number of primary amides is 1. The van der Waals surface area contributed by atoms with Crippen LogP contribution in [-0.2, 0) is 11.3 Å². The van der Waals surface area contributed by atoms with E-state index in [4.69, 9.17) is 15.7 Å². The SMILES string of the molecule is CC(C)[C@H](Nc1nc(CN2CCN(C(=O)NC(c3ccccc3)c3ccccc3)CC2)nc2ccccc12)C(N)=O. The van der Waals surface area contributed by atoms with E-state index in [0.29, 0.717) is 44.4 Å². The Morgan fingerprint density at radius 3 is 2.00 bits per heavy atom. The Morgan fingerprint density at radius 2 is 1.41 bits per heavy atom. The molecule has 9 heteroatoms. The molecule has 0 spiro atoms. The normalized spacial score (nSPS) is 14.8. The van der Waals surface area contributed by atoms with Crippen LogP contribution in [0, 0.1) is 5.92 Å². The Bertz CT molecular complexity index is 1430. The summed E-state index contributed by atoms with van der Waals surface area (Å²) in [5.74, 6) is 0.853. The minimum Gasteiger partial charge on any atom is -0.368 e. The lowest BCUT2D eigenvalue weighted by molar-refractivity contribution is -0.119.